The summed E-state index contributed by atoms with van der Waals surface area (Å²) in [6.45, 7) is 2.63. The Bertz CT molecular complexity index is 997. The van der Waals surface area contributed by atoms with E-state index in [0.717, 1.165) is 22.4 Å². The van der Waals surface area contributed by atoms with Crippen molar-refractivity contribution in [1.82, 2.24) is 15.1 Å². The van der Waals surface area contributed by atoms with E-state index in [1.165, 1.54) is 10.7 Å². The van der Waals surface area contributed by atoms with Crippen LogP contribution in [-0.2, 0) is 17.8 Å². The second kappa shape index (κ2) is 8.64. The molecule has 138 valence electrons. The van der Waals surface area contributed by atoms with Crippen LogP contribution >= 0.6 is 11.6 Å². The molecule has 6 heteroatoms. The van der Waals surface area contributed by atoms with E-state index in [9.17, 15) is 9.59 Å². The Balaban J connectivity index is 1.61. The van der Waals surface area contributed by atoms with Gasteiger partial charge in [-0.1, -0.05) is 59.6 Å². The number of carbonyl (C=O) groups is 1. The van der Waals surface area contributed by atoms with Crippen LogP contribution in [0.5, 0.6) is 0 Å². The average molecular weight is 382 g/mol. The van der Waals surface area contributed by atoms with E-state index in [2.05, 4.69) is 10.4 Å². The number of hydrogen-bond acceptors (Lipinski definition) is 3. The van der Waals surface area contributed by atoms with Crippen LogP contribution in [0.3, 0.4) is 0 Å². The molecular formula is C21H20ClN3O2. The van der Waals surface area contributed by atoms with Gasteiger partial charge in [0, 0.05) is 23.2 Å². The van der Waals surface area contributed by atoms with Crippen LogP contribution < -0.4 is 10.9 Å². The molecule has 1 amide bonds. The summed E-state index contributed by atoms with van der Waals surface area (Å²) >= 11 is 6.07. The number of nitrogens with one attached hydrogen (secondary N) is 1. The molecule has 1 heterocycles. The molecule has 0 bridgehead atoms. The molecule has 3 rings (SSSR count). The fourth-order valence-electron chi connectivity index (χ4n) is 2.67. The lowest BCUT2D eigenvalue weighted by Gasteiger charge is -2.09. The summed E-state index contributed by atoms with van der Waals surface area (Å²) in [5.41, 5.74) is 3.39. The van der Waals surface area contributed by atoms with Gasteiger partial charge in [-0.25, -0.2) is 4.68 Å². The number of rotatable bonds is 6. The van der Waals surface area contributed by atoms with Gasteiger partial charge >= 0.3 is 0 Å². The van der Waals surface area contributed by atoms with Crippen molar-refractivity contribution in [3.63, 3.8) is 0 Å². The van der Waals surface area contributed by atoms with Crippen molar-refractivity contribution >= 4 is 17.5 Å². The Hall–Kier alpha value is -2.92. The largest absolute Gasteiger partial charge is 0.354 e. The minimum Gasteiger partial charge on any atom is -0.354 e. The number of nitrogens with zero attached hydrogens (tertiary/aromatic N) is 2. The van der Waals surface area contributed by atoms with E-state index in [-0.39, 0.29) is 17.9 Å². The second-order valence-corrected chi connectivity index (χ2v) is 6.67. The number of benzene rings is 2. The van der Waals surface area contributed by atoms with Crippen molar-refractivity contribution in [2.75, 3.05) is 6.54 Å². The fourth-order valence-corrected chi connectivity index (χ4v) is 2.87. The van der Waals surface area contributed by atoms with Gasteiger partial charge in [0.25, 0.3) is 5.56 Å². The molecule has 0 aliphatic carbocycles. The number of aromatic nitrogens is 2. The molecule has 0 fully saturated rings. The van der Waals surface area contributed by atoms with Gasteiger partial charge in [-0.15, -0.1) is 0 Å². The molecule has 0 spiro atoms. The Kier molecular flexibility index (Phi) is 6.04. The quantitative estimate of drug-likeness (QED) is 0.713. The fraction of sp³-hybridized carbons (Fsp3) is 0.190. The molecule has 5 nitrogen and oxygen atoms in total. The normalized spacial score (nSPS) is 10.6. The topological polar surface area (TPSA) is 64.0 Å². The van der Waals surface area contributed by atoms with Crippen LogP contribution in [0.2, 0.25) is 5.02 Å². The first-order valence-corrected chi connectivity index (χ1v) is 9.06. The maximum Gasteiger partial charge on any atom is 0.266 e. The monoisotopic (exact) mass is 381 g/mol. The van der Waals surface area contributed by atoms with Gasteiger partial charge in [-0.2, -0.15) is 5.10 Å². The van der Waals surface area contributed by atoms with Crippen molar-refractivity contribution < 1.29 is 4.79 Å². The number of carbonyl (C=O) groups excluding carboxylic acids is 1. The highest BCUT2D eigenvalue weighted by atomic mass is 35.5. The van der Waals surface area contributed by atoms with Crippen molar-refractivity contribution in [2.24, 2.45) is 0 Å². The van der Waals surface area contributed by atoms with Gasteiger partial charge in [-0.05, 0) is 24.6 Å². The smallest absolute Gasteiger partial charge is 0.266 e. The van der Waals surface area contributed by atoms with Gasteiger partial charge in [0.15, 0.2) is 0 Å². The maximum atomic E-state index is 12.1. The lowest BCUT2D eigenvalue weighted by atomic mass is 10.1. The first kappa shape index (κ1) is 18.9. The molecular weight excluding hydrogens is 362 g/mol. The summed E-state index contributed by atoms with van der Waals surface area (Å²) in [5.74, 6) is -0.147. The van der Waals surface area contributed by atoms with Crippen LogP contribution in [0.15, 0.2) is 65.5 Å². The first-order valence-electron chi connectivity index (χ1n) is 8.68. The molecule has 0 saturated heterocycles. The highest BCUT2D eigenvalue weighted by Crippen LogP contribution is 2.16. The molecule has 0 aliphatic heterocycles. The Morgan fingerprint density at radius 2 is 1.81 bits per heavy atom. The minimum atomic E-state index is -0.203. The zero-order valence-corrected chi connectivity index (χ0v) is 15.7. The summed E-state index contributed by atoms with van der Waals surface area (Å²) < 4.78 is 1.37. The van der Waals surface area contributed by atoms with E-state index in [1.54, 1.807) is 12.1 Å². The molecule has 0 saturated carbocycles. The molecule has 27 heavy (non-hydrogen) atoms. The Morgan fingerprint density at radius 1 is 1.07 bits per heavy atom. The third-order valence-electron chi connectivity index (χ3n) is 4.17. The summed E-state index contributed by atoms with van der Waals surface area (Å²) in [6.07, 6.45) is 0.200. The van der Waals surface area contributed by atoms with Gasteiger partial charge in [0.1, 0.15) is 0 Å². The second-order valence-electron chi connectivity index (χ2n) is 6.26. The van der Waals surface area contributed by atoms with Gasteiger partial charge < -0.3 is 5.32 Å². The first-order chi connectivity index (χ1) is 13.0. The van der Waals surface area contributed by atoms with E-state index in [4.69, 9.17) is 11.6 Å². The van der Waals surface area contributed by atoms with Gasteiger partial charge in [-0.3, -0.25) is 9.59 Å². The summed E-state index contributed by atoms with van der Waals surface area (Å²) in [5, 5.41) is 7.77. The molecule has 0 radical (unpaired) electrons. The number of aryl methyl sites for hydroxylation is 1. The van der Waals surface area contributed by atoms with E-state index in [0.29, 0.717) is 18.1 Å². The average Bonchev–Trinajstić information content (AvgIpc) is 2.66. The molecule has 0 atom stereocenters. The van der Waals surface area contributed by atoms with Crippen LogP contribution in [0.4, 0.5) is 0 Å². The highest BCUT2D eigenvalue weighted by molar-refractivity contribution is 6.31. The van der Waals surface area contributed by atoms with E-state index < -0.39 is 0 Å². The zero-order valence-electron chi connectivity index (χ0n) is 15.0. The number of halogens is 1. The minimum absolute atomic E-state index is 0.147. The molecule has 0 aliphatic rings. The summed E-state index contributed by atoms with van der Waals surface area (Å²) in [6, 6.07) is 18.4. The molecule has 1 aromatic heterocycles. The third kappa shape index (κ3) is 5.05. The molecule has 2 aromatic carbocycles. The van der Waals surface area contributed by atoms with Crippen molar-refractivity contribution in [2.45, 2.75) is 19.9 Å². The summed E-state index contributed by atoms with van der Waals surface area (Å²) in [4.78, 5) is 24.1. The van der Waals surface area contributed by atoms with Crippen molar-refractivity contribution in [3.8, 4) is 11.3 Å². The van der Waals surface area contributed by atoms with Gasteiger partial charge in [0.05, 0.1) is 18.7 Å². The third-order valence-corrected chi connectivity index (χ3v) is 4.54. The van der Waals surface area contributed by atoms with E-state index >= 15 is 0 Å². The Morgan fingerprint density at radius 3 is 2.56 bits per heavy atom. The number of hydrogen-bond donors (Lipinski definition) is 1. The predicted molar refractivity (Wildman–Crippen MR) is 107 cm³/mol. The molecule has 3 aromatic rings. The van der Waals surface area contributed by atoms with Crippen molar-refractivity contribution in [1.29, 1.82) is 0 Å². The highest BCUT2D eigenvalue weighted by Gasteiger charge is 2.07. The van der Waals surface area contributed by atoms with Crippen LogP contribution in [-0.4, -0.2) is 22.2 Å². The predicted octanol–water partition coefficient (Wildman–Crippen LogP) is 3.23. The molecule has 0 unspecified atom stereocenters. The van der Waals surface area contributed by atoms with E-state index in [1.807, 2.05) is 49.4 Å². The summed E-state index contributed by atoms with van der Waals surface area (Å²) in [7, 11) is 0. The maximum absolute atomic E-state index is 12.1. The van der Waals surface area contributed by atoms with Gasteiger partial charge in [0.2, 0.25) is 5.91 Å². The lowest BCUT2D eigenvalue weighted by molar-refractivity contribution is -0.120. The SMILES string of the molecule is Cc1ccc(-c2ccc(=O)n(CCNC(=O)Cc3ccccc3Cl)n2)cc1. The van der Waals surface area contributed by atoms with Crippen LogP contribution in [0.25, 0.3) is 11.3 Å². The number of amides is 1. The zero-order chi connectivity index (χ0) is 19.2. The Labute approximate surface area is 162 Å². The molecule has 1 N–H and O–H groups in total. The standard InChI is InChI=1S/C21H20ClN3O2/c1-15-6-8-16(9-7-15)19-10-11-21(27)25(24-19)13-12-23-20(26)14-17-4-2-3-5-18(17)22/h2-11H,12-14H2,1H3,(H,23,26). The lowest BCUT2D eigenvalue weighted by Crippen LogP contribution is -2.32. The van der Waals surface area contributed by atoms with Crippen molar-refractivity contribution in [3.05, 3.63) is 87.2 Å². The van der Waals surface area contributed by atoms with Crippen LogP contribution in [0, 0.1) is 6.92 Å². The van der Waals surface area contributed by atoms with Crippen LogP contribution in [0.1, 0.15) is 11.1 Å².